The Hall–Kier alpha value is -8.22. The second kappa shape index (κ2) is 15.0. The van der Waals surface area contributed by atoms with Gasteiger partial charge in [-0.15, -0.1) is 0 Å². The summed E-state index contributed by atoms with van der Waals surface area (Å²) in [6.45, 7) is 8.09. The fourth-order valence-electron chi connectivity index (χ4n) is 14.4. The molecule has 0 saturated carbocycles. The highest BCUT2D eigenvalue weighted by Crippen LogP contribution is 2.56. The first-order valence-corrected chi connectivity index (χ1v) is 26.3. The molecular formula is C71H50O4. The molecule has 0 aromatic heterocycles. The first-order chi connectivity index (χ1) is 36.5. The lowest BCUT2D eigenvalue weighted by Crippen LogP contribution is -2.55. The van der Waals surface area contributed by atoms with Crippen LogP contribution in [-0.4, -0.2) is 28.2 Å². The van der Waals surface area contributed by atoms with Crippen molar-refractivity contribution in [3.8, 4) is 0 Å². The second-order valence-electron chi connectivity index (χ2n) is 21.9. The number of hydrogen-bond donors (Lipinski definition) is 2. The van der Waals surface area contributed by atoms with E-state index in [0.29, 0.717) is 22.3 Å². The molecule has 1 aliphatic heterocycles. The Balaban J connectivity index is 1.06. The van der Waals surface area contributed by atoms with Crippen LogP contribution in [0.4, 0.5) is 0 Å². The fraction of sp³-hybridized carbons (Fsp3) is 0.127. The van der Waals surface area contributed by atoms with Crippen molar-refractivity contribution in [3.63, 3.8) is 0 Å². The third-order valence-electron chi connectivity index (χ3n) is 17.6. The summed E-state index contributed by atoms with van der Waals surface area (Å²) >= 11 is 0. The van der Waals surface area contributed by atoms with Gasteiger partial charge in [-0.1, -0.05) is 206 Å². The SMILES string of the molecule is C/C=c1/ccc2ccc(C(O)(c3ccc4ccc5cccc6ccc3c4c56)[C@@H]3OC(C)(C)O[C@H]3C(O)(c3ccc4ccc5cccc6ccc3c4c56)c3ccc4ccc5cccc6ccc3c4c56)c3ccc(C)c1c23. The van der Waals surface area contributed by atoms with Gasteiger partial charge in [0, 0.05) is 0 Å². The molecule has 15 aromatic carbocycles. The number of benzene rings is 15. The number of ether oxygens (including phenoxy) is 2. The molecular weight excluding hydrogens is 917 g/mol. The van der Waals surface area contributed by atoms with Crippen molar-refractivity contribution in [3.05, 3.63) is 233 Å². The van der Waals surface area contributed by atoms with Crippen molar-refractivity contribution in [1.29, 1.82) is 0 Å². The lowest BCUT2D eigenvalue weighted by atomic mass is 9.68. The molecule has 15 aromatic rings. The van der Waals surface area contributed by atoms with Gasteiger partial charge < -0.3 is 19.7 Å². The topological polar surface area (TPSA) is 58.9 Å². The van der Waals surface area contributed by atoms with E-state index in [1.807, 2.05) is 13.8 Å². The summed E-state index contributed by atoms with van der Waals surface area (Å²) in [6, 6.07) is 71.2. The van der Waals surface area contributed by atoms with Gasteiger partial charge in [0.1, 0.15) is 23.4 Å². The van der Waals surface area contributed by atoms with E-state index in [4.69, 9.17) is 9.47 Å². The molecule has 358 valence electrons. The van der Waals surface area contributed by atoms with Gasteiger partial charge in [-0.2, -0.15) is 0 Å². The monoisotopic (exact) mass is 966 g/mol. The van der Waals surface area contributed by atoms with Crippen LogP contribution in [0, 0.1) is 6.92 Å². The summed E-state index contributed by atoms with van der Waals surface area (Å²) in [7, 11) is 0. The predicted molar refractivity (Wildman–Crippen MR) is 312 cm³/mol. The Kier molecular flexibility index (Phi) is 8.63. The van der Waals surface area contributed by atoms with Gasteiger partial charge in [0.15, 0.2) is 5.79 Å². The number of aryl methyl sites for hydroxylation is 1. The van der Waals surface area contributed by atoms with Crippen LogP contribution in [0.3, 0.4) is 0 Å². The van der Waals surface area contributed by atoms with E-state index < -0.39 is 29.2 Å². The molecule has 0 radical (unpaired) electrons. The molecule has 75 heavy (non-hydrogen) atoms. The van der Waals surface area contributed by atoms with Crippen molar-refractivity contribution < 1.29 is 19.7 Å². The predicted octanol–water partition coefficient (Wildman–Crippen LogP) is 16.2. The third-order valence-corrected chi connectivity index (χ3v) is 17.6. The Morgan fingerprint density at radius 3 is 0.947 bits per heavy atom. The standard InChI is InChI=1S/C71H50O4/c1-5-40-16-17-47-27-35-55(51-31-15-39(2)59(40)63(47)51)70(72,56-36-28-48-21-18-41-9-6-12-44-24-32-52(56)64(48)60(41)44)67-68(75-69(3,4)74-67)71(73,57-37-29-49-22-19-42-10-7-13-45-25-33-53(57)65(49)61(42)45)58-38-30-50-23-20-43-11-8-14-46-26-34-54(58)66(50)62(43)46/h5-38,67-68,72-73H,1-4H3/b40-5-/t67-,68-,70?/m1/s1. The normalized spacial score (nSPS) is 17.7. The van der Waals surface area contributed by atoms with Gasteiger partial charge in [0.05, 0.1) is 0 Å². The molecule has 1 aliphatic rings. The maximum absolute atomic E-state index is 15.3. The summed E-state index contributed by atoms with van der Waals surface area (Å²) < 4.78 is 15.0. The van der Waals surface area contributed by atoms with Crippen LogP contribution >= 0.6 is 0 Å². The summed E-state index contributed by atoms with van der Waals surface area (Å²) in [5.41, 5.74) is -0.0860. The van der Waals surface area contributed by atoms with E-state index >= 15 is 10.2 Å². The summed E-state index contributed by atoms with van der Waals surface area (Å²) in [4.78, 5) is 0. The summed E-state index contributed by atoms with van der Waals surface area (Å²) in [5.74, 6) is -1.29. The fourth-order valence-corrected chi connectivity index (χ4v) is 14.4. The van der Waals surface area contributed by atoms with Crippen LogP contribution in [0.15, 0.2) is 200 Å². The molecule has 1 unspecified atom stereocenters. The van der Waals surface area contributed by atoms with Crippen LogP contribution in [-0.2, 0) is 20.7 Å². The molecule has 4 heteroatoms. The first kappa shape index (κ1) is 43.2. The quantitative estimate of drug-likeness (QED) is 0.163. The molecule has 16 rings (SSSR count). The first-order valence-electron chi connectivity index (χ1n) is 26.3. The zero-order chi connectivity index (χ0) is 50.3. The second-order valence-corrected chi connectivity index (χ2v) is 21.9. The highest BCUT2D eigenvalue weighted by atomic mass is 16.8. The highest BCUT2D eigenvalue weighted by Gasteiger charge is 2.62. The molecule has 2 N–H and O–H groups in total. The number of aliphatic hydroxyl groups is 2. The summed E-state index contributed by atoms with van der Waals surface area (Å²) in [5, 5.41) is 55.4. The molecule has 4 nitrogen and oxygen atoms in total. The molecule has 0 bridgehead atoms. The van der Waals surface area contributed by atoms with Gasteiger partial charge in [-0.05, 0) is 179 Å². The number of rotatable bonds is 6. The average Bonchev–Trinajstić information content (AvgIpc) is 3.84. The largest absolute Gasteiger partial charge is 0.377 e. The van der Waals surface area contributed by atoms with Crippen molar-refractivity contribution >= 4 is 125 Å². The number of hydrogen-bond acceptors (Lipinski definition) is 4. The van der Waals surface area contributed by atoms with E-state index in [-0.39, 0.29) is 0 Å². The summed E-state index contributed by atoms with van der Waals surface area (Å²) in [6.07, 6.45) is -0.265. The van der Waals surface area contributed by atoms with Crippen molar-refractivity contribution in [2.75, 3.05) is 0 Å². The lowest BCUT2D eigenvalue weighted by Gasteiger charge is -2.44. The maximum Gasteiger partial charge on any atom is 0.164 e. The van der Waals surface area contributed by atoms with Gasteiger partial charge in [-0.3, -0.25) is 0 Å². The van der Waals surface area contributed by atoms with Crippen LogP contribution in [0.25, 0.3) is 125 Å². The Morgan fingerprint density at radius 2 is 0.613 bits per heavy atom. The smallest absolute Gasteiger partial charge is 0.164 e. The maximum atomic E-state index is 15.3. The van der Waals surface area contributed by atoms with Crippen LogP contribution in [0.5, 0.6) is 0 Å². The Morgan fingerprint density at radius 1 is 0.347 bits per heavy atom. The van der Waals surface area contributed by atoms with Gasteiger partial charge in [0.25, 0.3) is 0 Å². The minimum atomic E-state index is -1.97. The molecule has 3 atom stereocenters. The van der Waals surface area contributed by atoms with Crippen LogP contribution in [0.1, 0.15) is 48.6 Å². The third kappa shape index (κ3) is 5.64. The minimum Gasteiger partial charge on any atom is -0.377 e. The highest BCUT2D eigenvalue weighted by molar-refractivity contribution is 6.27. The van der Waals surface area contributed by atoms with Crippen LogP contribution < -0.4 is 5.22 Å². The molecule has 1 fully saturated rings. The zero-order valence-corrected chi connectivity index (χ0v) is 42.0. The van der Waals surface area contributed by atoms with Gasteiger partial charge in [0.2, 0.25) is 0 Å². The van der Waals surface area contributed by atoms with E-state index in [1.165, 1.54) is 0 Å². The van der Waals surface area contributed by atoms with E-state index in [0.717, 1.165) is 129 Å². The molecule has 0 aliphatic carbocycles. The van der Waals surface area contributed by atoms with Crippen molar-refractivity contribution in [2.45, 2.75) is 56.9 Å². The average molecular weight is 967 g/mol. The molecule has 1 heterocycles. The molecule has 0 spiro atoms. The van der Waals surface area contributed by atoms with Gasteiger partial charge in [-0.25, -0.2) is 0 Å². The zero-order valence-electron chi connectivity index (χ0n) is 42.0. The molecule has 1 saturated heterocycles. The van der Waals surface area contributed by atoms with Crippen molar-refractivity contribution in [1.82, 2.24) is 0 Å². The molecule has 0 amide bonds. The minimum absolute atomic E-state index is 0.674. The van der Waals surface area contributed by atoms with E-state index in [9.17, 15) is 0 Å². The van der Waals surface area contributed by atoms with E-state index in [1.54, 1.807) is 0 Å². The van der Waals surface area contributed by atoms with Crippen LogP contribution in [0.2, 0.25) is 0 Å². The van der Waals surface area contributed by atoms with E-state index in [2.05, 4.69) is 220 Å². The van der Waals surface area contributed by atoms with Crippen molar-refractivity contribution in [2.24, 2.45) is 0 Å². The van der Waals surface area contributed by atoms with Gasteiger partial charge >= 0.3 is 0 Å². The lowest BCUT2D eigenvalue weighted by molar-refractivity contribution is -0.172. The Labute approximate surface area is 432 Å². The Bertz CT molecular complexity index is 4760.